The molecule has 0 aromatic carbocycles. The lowest BCUT2D eigenvalue weighted by molar-refractivity contribution is -0.129. The van der Waals surface area contributed by atoms with E-state index >= 15 is 0 Å². The molecule has 0 radical (unpaired) electrons. The molecule has 0 nitrogen and oxygen atoms in total. The third kappa shape index (κ3) is 1.42. The van der Waals surface area contributed by atoms with Gasteiger partial charge in [0.25, 0.3) is 0 Å². The van der Waals surface area contributed by atoms with Crippen molar-refractivity contribution in [3.05, 3.63) is 0 Å². The smallest absolute Gasteiger partial charge is 0.0240 e. The van der Waals surface area contributed by atoms with Crippen LogP contribution in [0.5, 0.6) is 0 Å². The normalized spacial score (nSPS) is 61.1. The van der Waals surface area contributed by atoms with Gasteiger partial charge < -0.3 is 0 Å². The van der Waals surface area contributed by atoms with E-state index in [1.165, 1.54) is 6.42 Å². The predicted molar refractivity (Wildman–Crippen MR) is 71.7 cm³/mol. The van der Waals surface area contributed by atoms with E-state index in [1.54, 1.807) is 44.9 Å². The largest absolute Gasteiger partial charge is 0.0625 e. The van der Waals surface area contributed by atoms with Gasteiger partial charge >= 0.3 is 0 Å². The molecule has 5 fully saturated rings. The topological polar surface area (TPSA) is 0 Å². The van der Waals surface area contributed by atoms with Gasteiger partial charge in [0.05, 0.1) is 0 Å². The van der Waals surface area contributed by atoms with Crippen molar-refractivity contribution in [3.8, 4) is 0 Å². The van der Waals surface area contributed by atoms with E-state index in [2.05, 4.69) is 13.8 Å². The van der Waals surface area contributed by atoms with Gasteiger partial charge in [0.2, 0.25) is 0 Å². The molecule has 5 aliphatic rings. The highest BCUT2D eigenvalue weighted by Crippen LogP contribution is 2.66. The summed E-state index contributed by atoms with van der Waals surface area (Å²) < 4.78 is 0. The molecule has 0 N–H and O–H groups in total. The van der Waals surface area contributed by atoms with Crippen molar-refractivity contribution < 1.29 is 0 Å². The van der Waals surface area contributed by atoms with Crippen LogP contribution in [0.3, 0.4) is 0 Å². The molecule has 0 heteroatoms. The Morgan fingerprint density at radius 1 is 0.706 bits per heavy atom. The lowest BCUT2D eigenvalue weighted by atomic mass is 9.43. The van der Waals surface area contributed by atoms with Crippen molar-refractivity contribution in [1.29, 1.82) is 0 Å². The molecule has 0 amide bonds. The average molecular weight is 232 g/mol. The van der Waals surface area contributed by atoms with Crippen LogP contribution < -0.4 is 0 Å². The highest BCUT2D eigenvalue weighted by atomic mass is 14.6. The predicted octanol–water partition coefficient (Wildman–Crippen LogP) is 4.89. The van der Waals surface area contributed by atoms with Crippen molar-refractivity contribution in [3.63, 3.8) is 0 Å². The summed E-state index contributed by atoms with van der Waals surface area (Å²) in [6, 6.07) is 0. The summed E-state index contributed by atoms with van der Waals surface area (Å²) in [6.45, 7) is 5.20. The van der Waals surface area contributed by atoms with Gasteiger partial charge in [0, 0.05) is 0 Å². The van der Waals surface area contributed by atoms with Crippen molar-refractivity contribution in [2.45, 2.75) is 65.2 Å². The highest BCUT2D eigenvalue weighted by molar-refractivity contribution is 5.07. The van der Waals surface area contributed by atoms with Gasteiger partial charge in [-0.3, -0.25) is 0 Å². The molecular weight excluding hydrogens is 204 g/mol. The number of hydrogen-bond acceptors (Lipinski definition) is 0. The molecule has 5 rings (SSSR count). The zero-order chi connectivity index (χ0) is 11.6. The van der Waals surface area contributed by atoms with Crippen LogP contribution in [-0.4, -0.2) is 0 Å². The maximum absolute atomic E-state index is 2.71. The van der Waals surface area contributed by atoms with Crippen LogP contribution in [0, 0.1) is 40.9 Å². The molecule has 0 aromatic heterocycles. The van der Waals surface area contributed by atoms with E-state index in [0.717, 1.165) is 40.9 Å². The first-order chi connectivity index (χ1) is 8.16. The van der Waals surface area contributed by atoms with Crippen LogP contribution in [0.15, 0.2) is 0 Å². The Bertz CT molecular complexity index is 282. The van der Waals surface area contributed by atoms with Gasteiger partial charge in [-0.15, -0.1) is 0 Å². The molecule has 0 aliphatic heterocycles. The van der Waals surface area contributed by atoms with Crippen LogP contribution in [0.4, 0.5) is 0 Å². The van der Waals surface area contributed by atoms with Gasteiger partial charge in [0.1, 0.15) is 0 Å². The summed E-state index contributed by atoms with van der Waals surface area (Å²) in [4.78, 5) is 0. The maximum atomic E-state index is 2.71. The Labute approximate surface area is 107 Å². The Kier molecular flexibility index (Phi) is 2.25. The van der Waals surface area contributed by atoms with E-state index in [-0.39, 0.29) is 0 Å². The Morgan fingerprint density at radius 3 is 1.76 bits per heavy atom. The number of rotatable bonds is 1. The van der Waals surface area contributed by atoms with Gasteiger partial charge in [-0.05, 0) is 85.9 Å². The zero-order valence-corrected chi connectivity index (χ0v) is 11.6. The third-order valence-electron chi connectivity index (χ3n) is 7.47. The van der Waals surface area contributed by atoms with E-state index < -0.39 is 0 Å². The molecule has 0 heterocycles. The first-order valence-electron chi connectivity index (χ1n) is 8.16. The van der Waals surface area contributed by atoms with E-state index in [1.807, 2.05) is 0 Å². The molecule has 96 valence electrons. The van der Waals surface area contributed by atoms with Gasteiger partial charge in [-0.25, -0.2) is 0 Å². The van der Waals surface area contributed by atoms with Crippen LogP contribution in [0.1, 0.15) is 65.2 Å². The first-order valence-corrected chi connectivity index (χ1v) is 8.16. The summed E-state index contributed by atoms with van der Waals surface area (Å²) in [7, 11) is 0. The Morgan fingerprint density at radius 2 is 1.29 bits per heavy atom. The second-order valence-electron chi connectivity index (χ2n) is 8.29. The molecule has 2 atom stereocenters. The van der Waals surface area contributed by atoms with Gasteiger partial charge in [-0.1, -0.05) is 20.3 Å². The van der Waals surface area contributed by atoms with E-state index in [0.29, 0.717) is 0 Å². The molecule has 2 unspecified atom stereocenters. The quantitative estimate of drug-likeness (QED) is 0.604. The SMILES string of the molecule is CC1CCC(C2(C)C3CC4CC(C3)CC2C4)C1. The molecule has 0 saturated heterocycles. The minimum absolute atomic E-state index is 0.762. The minimum atomic E-state index is 0.762. The minimum Gasteiger partial charge on any atom is -0.0625 e. The number of hydrogen-bond donors (Lipinski definition) is 0. The lowest BCUT2D eigenvalue weighted by Crippen LogP contribution is -2.54. The highest BCUT2D eigenvalue weighted by Gasteiger charge is 2.57. The molecule has 5 aliphatic carbocycles. The molecule has 17 heavy (non-hydrogen) atoms. The van der Waals surface area contributed by atoms with Crippen molar-refractivity contribution in [2.24, 2.45) is 40.9 Å². The van der Waals surface area contributed by atoms with E-state index in [9.17, 15) is 0 Å². The lowest BCUT2D eigenvalue weighted by Gasteiger charge is -2.62. The third-order valence-corrected chi connectivity index (χ3v) is 7.47. The van der Waals surface area contributed by atoms with Crippen LogP contribution in [0.25, 0.3) is 0 Å². The van der Waals surface area contributed by atoms with Crippen LogP contribution in [0.2, 0.25) is 0 Å². The maximum Gasteiger partial charge on any atom is -0.0240 e. The zero-order valence-electron chi connectivity index (χ0n) is 11.6. The van der Waals surface area contributed by atoms with Gasteiger partial charge in [-0.2, -0.15) is 0 Å². The molecule has 4 bridgehead atoms. The van der Waals surface area contributed by atoms with E-state index in [4.69, 9.17) is 0 Å². The summed E-state index contributed by atoms with van der Waals surface area (Å²) >= 11 is 0. The summed E-state index contributed by atoms with van der Waals surface area (Å²) in [5.41, 5.74) is 0.762. The fraction of sp³-hybridized carbons (Fsp3) is 1.00. The second-order valence-corrected chi connectivity index (χ2v) is 8.29. The Hall–Kier alpha value is 0. The second kappa shape index (κ2) is 3.52. The standard InChI is InChI=1S/C17H28/c1-11-3-4-14(5-11)17(2)15-7-12-6-13(9-15)10-16(17)8-12/h11-16H,3-10H2,1-2H3. The fourth-order valence-corrected chi connectivity index (χ4v) is 6.64. The summed E-state index contributed by atoms with van der Waals surface area (Å²) in [6.07, 6.45) is 12.7. The summed E-state index contributed by atoms with van der Waals surface area (Å²) in [5, 5.41) is 0. The van der Waals surface area contributed by atoms with Crippen molar-refractivity contribution in [2.75, 3.05) is 0 Å². The monoisotopic (exact) mass is 232 g/mol. The van der Waals surface area contributed by atoms with Crippen molar-refractivity contribution >= 4 is 0 Å². The van der Waals surface area contributed by atoms with Gasteiger partial charge in [0.15, 0.2) is 0 Å². The molecule has 0 aromatic rings. The average Bonchev–Trinajstić information content (AvgIpc) is 2.72. The van der Waals surface area contributed by atoms with Crippen LogP contribution >= 0.6 is 0 Å². The molecular formula is C17H28. The fourth-order valence-electron chi connectivity index (χ4n) is 6.64. The molecule has 5 saturated carbocycles. The van der Waals surface area contributed by atoms with Crippen LogP contribution in [-0.2, 0) is 0 Å². The Balaban J connectivity index is 1.64. The summed E-state index contributed by atoms with van der Waals surface area (Å²) in [5.74, 6) is 6.64. The van der Waals surface area contributed by atoms with Crippen molar-refractivity contribution in [1.82, 2.24) is 0 Å². The molecule has 0 spiro atoms. The first kappa shape index (κ1) is 10.9.